The van der Waals surface area contributed by atoms with Gasteiger partial charge in [0.25, 0.3) is 5.91 Å². The van der Waals surface area contributed by atoms with Crippen molar-refractivity contribution in [2.24, 2.45) is 0 Å². The van der Waals surface area contributed by atoms with Gasteiger partial charge in [-0.2, -0.15) is 0 Å². The molecule has 4 heteroatoms. The Kier molecular flexibility index (Phi) is 5.41. The number of fused-ring (bicyclic) bond motifs is 1. The summed E-state index contributed by atoms with van der Waals surface area (Å²) in [5.74, 6) is -0.0791. The molecule has 1 N–H and O–H groups in total. The van der Waals surface area contributed by atoms with Gasteiger partial charge in [-0.3, -0.25) is 4.79 Å². The topological polar surface area (TPSA) is 51.2 Å². The predicted octanol–water partition coefficient (Wildman–Crippen LogP) is 3.98. The van der Waals surface area contributed by atoms with Crippen molar-refractivity contribution < 1.29 is 9.53 Å². The molecule has 25 heavy (non-hydrogen) atoms. The van der Waals surface area contributed by atoms with Gasteiger partial charge in [0.2, 0.25) is 0 Å². The Morgan fingerprint density at radius 2 is 1.88 bits per heavy atom. The first kappa shape index (κ1) is 17.1. The lowest BCUT2D eigenvalue weighted by Crippen LogP contribution is -2.25. The molecule has 128 valence electrons. The summed E-state index contributed by atoms with van der Waals surface area (Å²) in [6.45, 7) is 3.27. The zero-order valence-electron chi connectivity index (χ0n) is 14.6. The van der Waals surface area contributed by atoms with E-state index in [4.69, 9.17) is 9.72 Å². The fourth-order valence-electron chi connectivity index (χ4n) is 2.88. The Bertz CT molecular complexity index is 890. The van der Waals surface area contributed by atoms with Crippen LogP contribution in [0.5, 0.6) is 0 Å². The van der Waals surface area contributed by atoms with Crippen molar-refractivity contribution >= 4 is 16.8 Å². The van der Waals surface area contributed by atoms with E-state index in [-0.39, 0.29) is 5.91 Å². The van der Waals surface area contributed by atoms with Crippen molar-refractivity contribution in [3.05, 3.63) is 65.7 Å². The molecule has 0 bridgehead atoms. The summed E-state index contributed by atoms with van der Waals surface area (Å²) in [6.07, 6.45) is 0.788. The number of nitrogens with zero attached hydrogens (tertiary/aromatic N) is 1. The van der Waals surface area contributed by atoms with Crippen LogP contribution < -0.4 is 5.32 Å². The fourth-order valence-corrected chi connectivity index (χ4v) is 2.88. The SMILES string of the molecule is COCCCNC(=O)c1cc(-c2ccccc2C)nc2ccccc12. The van der Waals surface area contributed by atoms with E-state index >= 15 is 0 Å². The zero-order valence-corrected chi connectivity index (χ0v) is 14.6. The number of amides is 1. The van der Waals surface area contributed by atoms with Crippen LogP contribution in [0.2, 0.25) is 0 Å². The molecule has 0 radical (unpaired) electrons. The highest BCUT2D eigenvalue weighted by Crippen LogP contribution is 2.26. The van der Waals surface area contributed by atoms with Gasteiger partial charge in [0.15, 0.2) is 0 Å². The van der Waals surface area contributed by atoms with Crippen molar-refractivity contribution in [2.45, 2.75) is 13.3 Å². The van der Waals surface area contributed by atoms with Crippen LogP contribution in [-0.4, -0.2) is 31.2 Å². The number of carbonyl (C=O) groups is 1. The molecule has 0 saturated heterocycles. The maximum Gasteiger partial charge on any atom is 0.252 e. The molecule has 0 spiro atoms. The van der Waals surface area contributed by atoms with Crippen molar-refractivity contribution in [3.8, 4) is 11.3 Å². The van der Waals surface area contributed by atoms with Gasteiger partial charge >= 0.3 is 0 Å². The number of methoxy groups -OCH3 is 1. The minimum atomic E-state index is -0.0791. The number of aromatic nitrogens is 1. The van der Waals surface area contributed by atoms with Crippen LogP contribution in [0.4, 0.5) is 0 Å². The molecule has 0 unspecified atom stereocenters. The highest BCUT2D eigenvalue weighted by atomic mass is 16.5. The Balaban J connectivity index is 2.01. The van der Waals surface area contributed by atoms with E-state index in [1.807, 2.05) is 48.5 Å². The lowest BCUT2D eigenvalue weighted by atomic mass is 10.0. The molecule has 0 aliphatic heterocycles. The van der Waals surface area contributed by atoms with E-state index in [0.717, 1.165) is 34.1 Å². The van der Waals surface area contributed by atoms with Gasteiger partial charge in [0, 0.05) is 31.2 Å². The monoisotopic (exact) mass is 334 g/mol. The van der Waals surface area contributed by atoms with Crippen LogP contribution in [0.1, 0.15) is 22.3 Å². The molecule has 0 saturated carbocycles. The summed E-state index contributed by atoms with van der Waals surface area (Å²) in [5.41, 5.74) is 4.48. The summed E-state index contributed by atoms with van der Waals surface area (Å²) < 4.78 is 5.03. The molecule has 4 nitrogen and oxygen atoms in total. The van der Waals surface area contributed by atoms with Gasteiger partial charge in [-0.15, -0.1) is 0 Å². The summed E-state index contributed by atoms with van der Waals surface area (Å²) >= 11 is 0. The molecular weight excluding hydrogens is 312 g/mol. The summed E-state index contributed by atoms with van der Waals surface area (Å²) in [4.78, 5) is 17.5. The molecule has 2 aromatic carbocycles. The third kappa shape index (κ3) is 3.86. The van der Waals surface area contributed by atoms with Crippen LogP contribution in [-0.2, 0) is 4.74 Å². The van der Waals surface area contributed by atoms with Crippen molar-refractivity contribution in [3.63, 3.8) is 0 Å². The normalized spacial score (nSPS) is 10.8. The fraction of sp³-hybridized carbons (Fsp3) is 0.238. The third-order valence-corrected chi connectivity index (χ3v) is 4.19. The number of hydrogen-bond acceptors (Lipinski definition) is 3. The standard InChI is InChI=1S/C21H22N2O2/c1-15-8-3-4-9-16(15)20-14-18(21(24)22-12-7-13-25-2)17-10-5-6-11-19(17)23-20/h3-6,8-11,14H,7,12-13H2,1-2H3,(H,22,24). The number of ether oxygens (including phenoxy) is 1. The van der Waals surface area contributed by atoms with Crippen LogP contribution in [0, 0.1) is 6.92 Å². The Hall–Kier alpha value is -2.72. The van der Waals surface area contributed by atoms with Gasteiger partial charge < -0.3 is 10.1 Å². The Morgan fingerprint density at radius 1 is 1.12 bits per heavy atom. The van der Waals surface area contributed by atoms with Crippen LogP contribution in [0.25, 0.3) is 22.2 Å². The average Bonchev–Trinajstić information content (AvgIpc) is 2.64. The molecule has 0 aliphatic rings. The van der Waals surface area contributed by atoms with Crippen LogP contribution in [0.3, 0.4) is 0 Å². The molecule has 1 amide bonds. The summed E-state index contributed by atoms with van der Waals surface area (Å²) in [6, 6.07) is 17.7. The minimum absolute atomic E-state index is 0.0791. The van der Waals surface area contributed by atoms with Crippen LogP contribution in [0.15, 0.2) is 54.6 Å². The molecule has 0 fully saturated rings. The second kappa shape index (κ2) is 7.90. The van der Waals surface area contributed by atoms with Gasteiger partial charge in [0.1, 0.15) is 0 Å². The number of rotatable bonds is 6. The van der Waals surface area contributed by atoms with E-state index in [2.05, 4.69) is 18.3 Å². The largest absolute Gasteiger partial charge is 0.385 e. The van der Waals surface area contributed by atoms with Gasteiger partial charge in [-0.25, -0.2) is 4.98 Å². The first-order chi connectivity index (χ1) is 12.2. The Labute approximate surface area is 147 Å². The first-order valence-electron chi connectivity index (χ1n) is 8.43. The molecule has 0 atom stereocenters. The molecule has 1 heterocycles. The van der Waals surface area contributed by atoms with E-state index in [9.17, 15) is 4.79 Å². The first-order valence-corrected chi connectivity index (χ1v) is 8.43. The lowest BCUT2D eigenvalue weighted by molar-refractivity contribution is 0.0950. The quantitative estimate of drug-likeness (QED) is 0.694. The zero-order chi connectivity index (χ0) is 17.6. The lowest BCUT2D eigenvalue weighted by Gasteiger charge is -2.12. The molecular formula is C21H22N2O2. The van der Waals surface area contributed by atoms with E-state index in [1.54, 1.807) is 7.11 Å². The number of hydrogen-bond donors (Lipinski definition) is 1. The molecule has 1 aromatic heterocycles. The number of para-hydroxylation sites is 1. The maximum atomic E-state index is 12.7. The molecule has 0 aliphatic carbocycles. The van der Waals surface area contributed by atoms with Crippen molar-refractivity contribution in [2.75, 3.05) is 20.3 Å². The molecule has 3 aromatic rings. The third-order valence-electron chi connectivity index (χ3n) is 4.19. The van der Waals surface area contributed by atoms with Gasteiger partial charge in [-0.05, 0) is 31.0 Å². The summed E-state index contributed by atoms with van der Waals surface area (Å²) in [7, 11) is 1.66. The van der Waals surface area contributed by atoms with E-state index in [1.165, 1.54) is 0 Å². The number of aryl methyl sites for hydroxylation is 1. The van der Waals surface area contributed by atoms with Gasteiger partial charge in [0.05, 0.1) is 16.8 Å². The number of pyridine rings is 1. The molecule has 3 rings (SSSR count). The second-order valence-electron chi connectivity index (χ2n) is 5.99. The smallest absolute Gasteiger partial charge is 0.252 e. The Morgan fingerprint density at radius 3 is 2.68 bits per heavy atom. The predicted molar refractivity (Wildman–Crippen MR) is 101 cm³/mol. The highest BCUT2D eigenvalue weighted by molar-refractivity contribution is 6.07. The number of nitrogens with one attached hydrogen (secondary N) is 1. The second-order valence-corrected chi connectivity index (χ2v) is 5.99. The van der Waals surface area contributed by atoms with Crippen molar-refractivity contribution in [1.82, 2.24) is 10.3 Å². The number of benzene rings is 2. The van der Waals surface area contributed by atoms with Crippen molar-refractivity contribution in [1.29, 1.82) is 0 Å². The minimum Gasteiger partial charge on any atom is -0.385 e. The van der Waals surface area contributed by atoms with E-state index < -0.39 is 0 Å². The summed E-state index contributed by atoms with van der Waals surface area (Å²) in [5, 5.41) is 3.84. The average molecular weight is 334 g/mol. The van der Waals surface area contributed by atoms with Crippen LogP contribution >= 0.6 is 0 Å². The highest BCUT2D eigenvalue weighted by Gasteiger charge is 2.14. The number of carbonyl (C=O) groups excluding carboxylic acids is 1. The van der Waals surface area contributed by atoms with E-state index in [0.29, 0.717) is 18.7 Å². The van der Waals surface area contributed by atoms with Gasteiger partial charge in [-0.1, -0.05) is 42.5 Å². The maximum absolute atomic E-state index is 12.7.